The number of carbonyl (C=O) groups is 2. The van der Waals surface area contributed by atoms with E-state index in [1.54, 1.807) is 7.05 Å². The average molecular weight is 318 g/mol. The molecule has 2 rings (SSSR count). The van der Waals surface area contributed by atoms with E-state index < -0.39 is 21.7 Å². The number of likely N-dealkylation sites (tertiary alicyclic amines) is 1. The Bertz CT molecular complexity index is 533. The fraction of sp³-hybridized carbons (Fsp3) is 0.846. The lowest BCUT2D eigenvalue weighted by Gasteiger charge is -2.26. The molecule has 0 spiro atoms. The standard InChI is InChI=1S/C13H22N2O5S/c1-9-5-15(6-11(9)13(17)18)7-12(16)14(2)10-3-4-21(19,20)8-10/h9-11H,3-8H2,1-2H3,(H,17,18)/t9-,10?,11-/m1/s1. The van der Waals surface area contributed by atoms with Gasteiger partial charge in [-0.15, -0.1) is 0 Å². The predicted molar refractivity (Wildman–Crippen MR) is 76.6 cm³/mol. The second-order valence-electron chi connectivity index (χ2n) is 6.18. The van der Waals surface area contributed by atoms with E-state index in [-0.39, 0.29) is 35.9 Å². The van der Waals surface area contributed by atoms with E-state index in [0.717, 1.165) is 0 Å². The largest absolute Gasteiger partial charge is 0.481 e. The van der Waals surface area contributed by atoms with Crippen molar-refractivity contribution in [3.63, 3.8) is 0 Å². The summed E-state index contributed by atoms with van der Waals surface area (Å²) >= 11 is 0. The Morgan fingerprint density at radius 3 is 2.48 bits per heavy atom. The van der Waals surface area contributed by atoms with Gasteiger partial charge in [0.25, 0.3) is 0 Å². The molecule has 1 amide bonds. The van der Waals surface area contributed by atoms with Crippen LogP contribution in [0.5, 0.6) is 0 Å². The molecular formula is C13H22N2O5S. The van der Waals surface area contributed by atoms with Crippen molar-refractivity contribution < 1.29 is 23.1 Å². The van der Waals surface area contributed by atoms with Crippen molar-refractivity contribution in [2.24, 2.45) is 11.8 Å². The molecule has 1 N–H and O–H groups in total. The molecule has 120 valence electrons. The molecule has 2 aliphatic heterocycles. The van der Waals surface area contributed by atoms with Gasteiger partial charge < -0.3 is 10.0 Å². The monoisotopic (exact) mass is 318 g/mol. The van der Waals surface area contributed by atoms with Crippen LogP contribution in [0.2, 0.25) is 0 Å². The Hall–Kier alpha value is -1.15. The Labute approximate surface area is 124 Å². The molecule has 0 aliphatic carbocycles. The maximum absolute atomic E-state index is 12.2. The highest BCUT2D eigenvalue weighted by Crippen LogP contribution is 2.23. The normalized spacial score (nSPS) is 32.2. The van der Waals surface area contributed by atoms with Gasteiger partial charge in [-0.1, -0.05) is 6.92 Å². The molecule has 0 bridgehead atoms. The van der Waals surface area contributed by atoms with E-state index in [1.807, 2.05) is 11.8 Å². The molecule has 0 aromatic carbocycles. The second kappa shape index (κ2) is 5.92. The molecule has 0 aromatic rings. The van der Waals surface area contributed by atoms with Gasteiger partial charge in [-0.3, -0.25) is 14.5 Å². The number of carboxylic acid groups (broad SMARTS) is 1. The Balaban J connectivity index is 1.89. The molecule has 8 heteroatoms. The van der Waals surface area contributed by atoms with Gasteiger partial charge in [0.1, 0.15) is 0 Å². The maximum atomic E-state index is 12.2. The van der Waals surface area contributed by atoms with Crippen molar-refractivity contribution in [2.75, 3.05) is 38.2 Å². The van der Waals surface area contributed by atoms with Crippen LogP contribution in [0.4, 0.5) is 0 Å². The Kier molecular flexibility index (Phi) is 4.57. The van der Waals surface area contributed by atoms with Crippen LogP contribution in [0.25, 0.3) is 0 Å². The third-order valence-corrected chi connectivity index (χ3v) is 6.26. The van der Waals surface area contributed by atoms with Crippen LogP contribution in [-0.4, -0.2) is 79.4 Å². The Morgan fingerprint density at radius 2 is 2.00 bits per heavy atom. The lowest BCUT2D eigenvalue weighted by Crippen LogP contribution is -2.43. The minimum Gasteiger partial charge on any atom is -0.481 e. The number of hydrogen-bond donors (Lipinski definition) is 1. The van der Waals surface area contributed by atoms with Gasteiger partial charge in [-0.05, 0) is 12.3 Å². The number of rotatable bonds is 4. The van der Waals surface area contributed by atoms with Crippen molar-refractivity contribution in [1.29, 1.82) is 0 Å². The Morgan fingerprint density at radius 1 is 1.33 bits per heavy atom. The van der Waals surface area contributed by atoms with Gasteiger partial charge in [0, 0.05) is 26.2 Å². The van der Waals surface area contributed by atoms with E-state index in [0.29, 0.717) is 19.5 Å². The number of carboxylic acids is 1. The number of carbonyl (C=O) groups excluding carboxylic acids is 1. The molecule has 2 heterocycles. The molecule has 2 saturated heterocycles. The lowest BCUT2D eigenvalue weighted by atomic mass is 9.99. The summed E-state index contributed by atoms with van der Waals surface area (Å²) in [6, 6.07) is -0.252. The predicted octanol–water partition coefficient (Wildman–Crippen LogP) is -0.716. The molecule has 7 nitrogen and oxygen atoms in total. The molecule has 0 radical (unpaired) electrons. The summed E-state index contributed by atoms with van der Waals surface area (Å²) < 4.78 is 22.9. The van der Waals surface area contributed by atoms with Gasteiger partial charge >= 0.3 is 5.97 Å². The summed E-state index contributed by atoms with van der Waals surface area (Å²) in [4.78, 5) is 26.6. The summed E-state index contributed by atoms with van der Waals surface area (Å²) in [5.74, 6) is -1.22. The number of amides is 1. The molecular weight excluding hydrogens is 296 g/mol. The number of nitrogens with zero attached hydrogens (tertiary/aromatic N) is 2. The highest BCUT2D eigenvalue weighted by molar-refractivity contribution is 7.91. The fourth-order valence-corrected chi connectivity index (χ4v) is 4.88. The first-order valence-corrected chi connectivity index (χ1v) is 8.93. The van der Waals surface area contributed by atoms with Crippen molar-refractivity contribution in [2.45, 2.75) is 19.4 Å². The van der Waals surface area contributed by atoms with Gasteiger partial charge in [-0.25, -0.2) is 8.42 Å². The molecule has 3 atom stereocenters. The van der Waals surface area contributed by atoms with Crippen molar-refractivity contribution in [1.82, 2.24) is 9.80 Å². The zero-order chi connectivity index (χ0) is 15.8. The highest BCUT2D eigenvalue weighted by Gasteiger charge is 2.37. The summed E-state index contributed by atoms with van der Waals surface area (Å²) in [7, 11) is -1.39. The van der Waals surface area contributed by atoms with Gasteiger partial charge in [0.15, 0.2) is 9.84 Å². The molecule has 1 unspecified atom stereocenters. The summed E-state index contributed by atoms with van der Waals surface area (Å²) in [5.41, 5.74) is 0. The maximum Gasteiger partial charge on any atom is 0.308 e. The lowest BCUT2D eigenvalue weighted by molar-refractivity contribution is -0.142. The topological polar surface area (TPSA) is 95.0 Å². The quantitative estimate of drug-likeness (QED) is 0.735. The van der Waals surface area contributed by atoms with Crippen molar-refractivity contribution in [3.05, 3.63) is 0 Å². The van der Waals surface area contributed by atoms with E-state index >= 15 is 0 Å². The summed E-state index contributed by atoms with van der Waals surface area (Å²) in [5, 5.41) is 9.09. The van der Waals surface area contributed by atoms with Crippen molar-refractivity contribution >= 4 is 21.7 Å². The van der Waals surface area contributed by atoms with Crippen molar-refractivity contribution in [3.8, 4) is 0 Å². The molecule has 0 aromatic heterocycles. The molecule has 2 aliphatic rings. The van der Waals surface area contributed by atoms with Crippen LogP contribution in [0, 0.1) is 11.8 Å². The second-order valence-corrected chi connectivity index (χ2v) is 8.41. The zero-order valence-corrected chi connectivity index (χ0v) is 13.2. The third-order valence-electron chi connectivity index (χ3n) is 4.51. The molecule has 21 heavy (non-hydrogen) atoms. The molecule has 0 saturated carbocycles. The van der Waals surface area contributed by atoms with Crippen LogP contribution in [-0.2, 0) is 19.4 Å². The van der Waals surface area contributed by atoms with Crippen LogP contribution in [0.3, 0.4) is 0 Å². The number of sulfone groups is 1. The minimum absolute atomic E-state index is 0.0208. The average Bonchev–Trinajstić information content (AvgIpc) is 2.91. The first-order valence-electron chi connectivity index (χ1n) is 7.11. The number of likely N-dealkylation sites (N-methyl/N-ethyl adjacent to an activating group) is 1. The SMILES string of the molecule is C[C@@H]1CN(CC(=O)N(C)C2CCS(=O)(=O)C2)C[C@H]1C(=O)O. The first kappa shape index (κ1) is 16.2. The first-order chi connectivity index (χ1) is 9.69. The van der Waals surface area contributed by atoms with E-state index in [9.17, 15) is 18.0 Å². The van der Waals surface area contributed by atoms with E-state index in [2.05, 4.69) is 0 Å². The van der Waals surface area contributed by atoms with Gasteiger partial charge in [0.2, 0.25) is 5.91 Å². The van der Waals surface area contributed by atoms with Crippen LogP contribution in [0.1, 0.15) is 13.3 Å². The zero-order valence-electron chi connectivity index (χ0n) is 12.4. The third kappa shape index (κ3) is 3.74. The van der Waals surface area contributed by atoms with Crippen LogP contribution in [0.15, 0.2) is 0 Å². The number of aliphatic carboxylic acids is 1. The number of hydrogen-bond acceptors (Lipinski definition) is 5. The summed E-state index contributed by atoms with van der Waals surface area (Å²) in [6.45, 7) is 2.98. The van der Waals surface area contributed by atoms with E-state index in [1.165, 1.54) is 4.90 Å². The van der Waals surface area contributed by atoms with Gasteiger partial charge in [0.05, 0.1) is 24.0 Å². The highest BCUT2D eigenvalue weighted by atomic mass is 32.2. The van der Waals surface area contributed by atoms with Crippen LogP contribution >= 0.6 is 0 Å². The minimum atomic E-state index is -3.02. The fourth-order valence-electron chi connectivity index (χ4n) is 3.11. The van der Waals surface area contributed by atoms with Crippen LogP contribution < -0.4 is 0 Å². The van der Waals surface area contributed by atoms with E-state index in [4.69, 9.17) is 5.11 Å². The molecule has 2 fully saturated rings. The van der Waals surface area contributed by atoms with Gasteiger partial charge in [-0.2, -0.15) is 0 Å². The summed E-state index contributed by atoms with van der Waals surface area (Å²) in [6.07, 6.45) is 0.485. The smallest absolute Gasteiger partial charge is 0.308 e.